The molecule has 1 N–H and O–H groups in total. The second-order valence-corrected chi connectivity index (χ2v) is 6.28. The third-order valence-electron chi connectivity index (χ3n) is 2.71. The fraction of sp³-hybridized carbons (Fsp3) is 0.833. The van der Waals surface area contributed by atoms with Crippen LogP contribution in [-0.4, -0.2) is 57.2 Å². The van der Waals surface area contributed by atoms with Crippen molar-refractivity contribution in [3.8, 4) is 0 Å². The molecule has 0 fully saturated rings. The molecule has 118 valence electrons. The number of esters is 1. The zero-order chi connectivity index (χ0) is 15.8. The highest BCUT2D eigenvalue weighted by Crippen LogP contribution is 2.01. The summed E-state index contributed by atoms with van der Waals surface area (Å²) in [7, 11) is -2.16. The van der Waals surface area contributed by atoms with Gasteiger partial charge in [-0.15, -0.1) is 0 Å². The zero-order valence-corrected chi connectivity index (χ0v) is 13.3. The van der Waals surface area contributed by atoms with Crippen molar-refractivity contribution in [1.29, 1.82) is 0 Å². The number of rotatable bonds is 9. The van der Waals surface area contributed by atoms with E-state index in [4.69, 9.17) is 0 Å². The van der Waals surface area contributed by atoms with E-state index in [1.807, 2.05) is 0 Å². The number of hydrogen-bond acceptors (Lipinski definition) is 5. The minimum atomic E-state index is -3.44. The first kappa shape index (κ1) is 18.9. The summed E-state index contributed by atoms with van der Waals surface area (Å²) >= 11 is 0. The number of nitrogens with zero attached hydrogens (tertiary/aromatic N) is 1. The van der Waals surface area contributed by atoms with Crippen LogP contribution >= 0.6 is 0 Å². The molecule has 0 saturated heterocycles. The van der Waals surface area contributed by atoms with E-state index in [-0.39, 0.29) is 24.6 Å². The van der Waals surface area contributed by atoms with Crippen molar-refractivity contribution in [1.82, 2.24) is 9.62 Å². The lowest BCUT2D eigenvalue weighted by Crippen LogP contribution is -2.47. The van der Waals surface area contributed by atoms with Crippen LogP contribution in [0.5, 0.6) is 0 Å². The second kappa shape index (κ2) is 8.91. The van der Waals surface area contributed by atoms with E-state index in [0.29, 0.717) is 13.0 Å². The molecule has 0 aliphatic carbocycles. The van der Waals surface area contributed by atoms with Gasteiger partial charge in [0.05, 0.1) is 25.3 Å². The number of nitrogens with one attached hydrogen (secondary N) is 1. The molecule has 8 heteroatoms. The van der Waals surface area contributed by atoms with Gasteiger partial charge in [0, 0.05) is 13.1 Å². The van der Waals surface area contributed by atoms with E-state index in [2.05, 4.69) is 9.46 Å². The molecule has 7 nitrogen and oxygen atoms in total. The normalized spacial score (nSPS) is 12.8. The van der Waals surface area contributed by atoms with Crippen LogP contribution in [0, 0.1) is 0 Å². The Morgan fingerprint density at radius 1 is 1.30 bits per heavy atom. The first-order chi connectivity index (χ1) is 9.27. The number of carbonyl (C=O) groups excluding carboxylic acids is 2. The fourth-order valence-electron chi connectivity index (χ4n) is 1.67. The van der Waals surface area contributed by atoms with Crippen LogP contribution < -0.4 is 4.72 Å². The van der Waals surface area contributed by atoms with Gasteiger partial charge >= 0.3 is 5.97 Å². The Bertz CT molecular complexity index is 422. The van der Waals surface area contributed by atoms with E-state index < -0.39 is 22.0 Å². The van der Waals surface area contributed by atoms with Gasteiger partial charge in [0.2, 0.25) is 15.9 Å². The second-order valence-electron chi connectivity index (χ2n) is 4.40. The van der Waals surface area contributed by atoms with Crippen molar-refractivity contribution in [2.24, 2.45) is 0 Å². The smallest absolute Gasteiger partial charge is 0.307 e. The van der Waals surface area contributed by atoms with Gasteiger partial charge in [-0.3, -0.25) is 9.59 Å². The lowest BCUT2D eigenvalue weighted by atomic mass is 10.3. The van der Waals surface area contributed by atoms with Gasteiger partial charge in [0.25, 0.3) is 0 Å². The van der Waals surface area contributed by atoms with Gasteiger partial charge in [0.1, 0.15) is 0 Å². The summed E-state index contributed by atoms with van der Waals surface area (Å²) in [5, 5.41) is 0. The molecule has 0 aliphatic rings. The lowest BCUT2D eigenvalue weighted by molar-refractivity contribution is -0.141. The van der Waals surface area contributed by atoms with Gasteiger partial charge in [-0.1, -0.05) is 6.92 Å². The summed E-state index contributed by atoms with van der Waals surface area (Å²) in [5.74, 6) is -0.773. The Morgan fingerprint density at radius 2 is 1.90 bits per heavy atom. The van der Waals surface area contributed by atoms with Crippen molar-refractivity contribution in [2.45, 2.75) is 39.7 Å². The average Bonchev–Trinajstić information content (AvgIpc) is 2.37. The topological polar surface area (TPSA) is 92.8 Å². The third-order valence-corrected chi connectivity index (χ3v) is 4.36. The van der Waals surface area contributed by atoms with Crippen LogP contribution in [0.3, 0.4) is 0 Å². The van der Waals surface area contributed by atoms with Crippen LogP contribution in [0.2, 0.25) is 0 Å². The maximum atomic E-state index is 12.1. The van der Waals surface area contributed by atoms with E-state index in [1.165, 1.54) is 18.9 Å². The molecule has 1 unspecified atom stereocenters. The molecule has 20 heavy (non-hydrogen) atoms. The van der Waals surface area contributed by atoms with Gasteiger partial charge in [-0.05, 0) is 20.3 Å². The Kier molecular flexibility index (Phi) is 8.40. The number of carbonyl (C=O) groups is 2. The third kappa shape index (κ3) is 6.85. The minimum absolute atomic E-state index is 0.0150. The van der Waals surface area contributed by atoms with Crippen LogP contribution in [-0.2, 0) is 24.3 Å². The molecule has 1 amide bonds. The summed E-state index contributed by atoms with van der Waals surface area (Å²) in [5.41, 5.74) is 0. The molecule has 0 saturated carbocycles. The van der Waals surface area contributed by atoms with Crippen molar-refractivity contribution >= 4 is 21.9 Å². The number of amides is 1. The molecule has 0 rings (SSSR count). The van der Waals surface area contributed by atoms with Crippen molar-refractivity contribution in [3.63, 3.8) is 0 Å². The molecule has 0 aromatic carbocycles. The predicted molar refractivity (Wildman–Crippen MR) is 75.6 cm³/mol. The first-order valence-electron chi connectivity index (χ1n) is 6.63. The molecular weight excluding hydrogens is 284 g/mol. The maximum Gasteiger partial charge on any atom is 0.307 e. The highest BCUT2D eigenvalue weighted by atomic mass is 32.2. The summed E-state index contributed by atoms with van der Waals surface area (Å²) in [6.07, 6.45) is 0.570. The average molecular weight is 308 g/mol. The Labute approximate surface area is 120 Å². The molecule has 0 spiro atoms. The van der Waals surface area contributed by atoms with Crippen LogP contribution in [0.15, 0.2) is 0 Å². The molecule has 0 heterocycles. The summed E-state index contributed by atoms with van der Waals surface area (Å²) in [4.78, 5) is 24.6. The number of methoxy groups -OCH3 is 1. The number of ether oxygens (including phenoxy) is 1. The predicted octanol–water partition coefficient (Wildman–Crippen LogP) is 0.116. The van der Waals surface area contributed by atoms with Crippen molar-refractivity contribution in [2.75, 3.05) is 26.0 Å². The van der Waals surface area contributed by atoms with Crippen molar-refractivity contribution < 1.29 is 22.7 Å². The molecule has 0 bridgehead atoms. The lowest BCUT2D eigenvalue weighted by Gasteiger charge is -2.24. The van der Waals surface area contributed by atoms with E-state index >= 15 is 0 Å². The monoisotopic (exact) mass is 308 g/mol. The largest absolute Gasteiger partial charge is 0.469 e. The van der Waals surface area contributed by atoms with Crippen LogP contribution in [0.25, 0.3) is 0 Å². The standard InChI is InChI=1S/C12H24N2O5S/c1-5-9-20(17,18)13-10(3)12(16)14(6-2)8-7-11(15)19-4/h10,13H,5-9H2,1-4H3. The van der Waals surface area contributed by atoms with Gasteiger partial charge < -0.3 is 9.64 Å². The fourth-order valence-corrected chi connectivity index (χ4v) is 2.97. The molecule has 0 aromatic rings. The molecular formula is C12H24N2O5S. The van der Waals surface area contributed by atoms with Crippen LogP contribution in [0.1, 0.15) is 33.6 Å². The molecule has 0 aromatic heterocycles. The Balaban J connectivity index is 4.55. The Morgan fingerprint density at radius 3 is 2.35 bits per heavy atom. The molecule has 1 atom stereocenters. The maximum absolute atomic E-state index is 12.1. The zero-order valence-electron chi connectivity index (χ0n) is 12.5. The Hall–Kier alpha value is -1.15. The molecule has 0 aliphatic heterocycles. The first-order valence-corrected chi connectivity index (χ1v) is 8.28. The van der Waals surface area contributed by atoms with Crippen molar-refractivity contribution in [3.05, 3.63) is 0 Å². The van der Waals surface area contributed by atoms with Crippen LogP contribution in [0.4, 0.5) is 0 Å². The highest BCUT2D eigenvalue weighted by Gasteiger charge is 2.23. The van der Waals surface area contributed by atoms with E-state index in [9.17, 15) is 18.0 Å². The summed E-state index contributed by atoms with van der Waals surface area (Å²) < 4.78 is 30.1. The number of sulfonamides is 1. The SMILES string of the molecule is CCCS(=O)(=O)NC(C)C(=O)N(CC)CCC(=O)OC. The minimum Gasteiger partial charge on any atom is -0.469 e. The van der Waals surface area contributed by atoms with Gasteiger partial charge in [0.15, 0.2) is 0 Å². The van der Waals surface area contributed by atoms with Gasteiger partial charge in [-0.25, -0.2) is 13.1 Å². The van der Waals surface area contributed by atoms with E-state index in [1.54, 1.807) is 13.8 Å². The van der Waals surface area contributed by atoms with Gasteiger partial charge in [-0.2, -0.15) is 0 Å². The highest BCUT2D eigenvalue weighted by molar-refractivity contribution is 7.89. The molecule has 0 radical (unpaired) electrons. The van der Waals surface area contributed by atoms with E-state index in [0.717, 1.165) is 0 Å². The quantitative estimate of drug-likeness (QED) is 0.611. The number of likely N-dealkylation sites (N-methyl/N-ethyl adjacent to an activating group) is 1. The summed E-state index contributed by atoms with van der Waals surface area (Å²) in [6, 6.07) is -0.843. The summed E-state index contributed by atoms with van der Waals surface area (Å²) in [6.45, 7) is 5.62. The number of hydrogen-bond donors (Lipinski definition) is 1.